The van der Waals surface area contributed by atoms with Crippen LogP contribution in [0.15, 0.2) is 18.2 Å². The zero-order chi connectivity index (χ0) is 12.9. The van der Waals surface area contributed by atoms with E-state index in [1.54, 1.807) is 32.2 Å². The SMILES string of the molecule is COc1ccc(O)c(CNC(C)(CO)CO)c1. The molecule has 0 heterocycles. The lowest BCUT2D eigenvalue weighted by atomic mass is 10.0. The third-order valence-corrected chi connectivity index (χ3v) is 2.69. The normalized spacial score (nSPS) is 11.5. The minimum Gasteiger partial charge on any atom is -0.508 e. The summed E-state index contributed by atoms with van der Waals surface area (Å²) in [5.74, 6) is 0.797. The molecule has 0 saturated carbocycles. The fourth-order valence-electron chi connectivity index (χ4n) is 1.30. The number of phenols is 1. The van der Waals surface area contributed by atoms with E-state index in [0.29, 0.717) is 17.9 Å². The van der Waals surface area contributed by atoms with Crippen molar-refractivity contribution in [1.82, 2.24) is 5.32 Å². The second kappa shape index (κ2) is 5.86. The standard InChI is InChI=1S/C12H19NO4/c1-12(7-14,8-15)13-6-9-5-10(17-2)3-4-11(9)16/h3-5,13-16H,6-8H2,1-2H3. The smallest absolute Gasteiger partial charge is 0.120 e. The molecule has 4 N–H and O–H groups in total. The zero-order valence-corrected chi connectivity index (χ0v) is 10.1. The highest BCUT2D eigenvalue weighted by Crippen LogP contribution is 2.23. The molecule has 0 spiro atoms. The van der Waals surface area contributed by atoms with Gasteiger partial charge >= 0.3 is 0 Å². The number of aliphatic hydroxyl groups excluding tert-OH is 2. The maximum absolute atomic E-state index is 9.65. The van der Waals surface area contributed by atoms with Crippen LogP contribution in [0.5, 0.6) is 11.5 Å². The Labute approximate surface area is 101 Å². The number of rotatable bonds is 6. The molecule has 0 aliphatic heterocycles. The van der Waals surface area contributed by atoms with Crippen molar-refractivity contribution < 1.29 is 20.1 Å². The maximum Gasteiger partial charge on any atom is 0.120 e. The Morgan fingerprint density at radius 3 is 2.47 bits per heavy atom. The van der Waals surface area contributed by atoms with Crippen LogP contribution in [-0.4, -0.2) is 41.2 Å². The second-order valence-corrected chi connectivity index (χ2v) is 4.23. The Kier molecular flexibility index (Phi) is 4.74. The van der Waals surface area contributed by atoms with Crippen LogP contribution in [0.3, 0.4) is 0 Å². The van der Waals surface area contributed by atoms with Crippen LogP contribution < -0.4 is 10.1 Å². The zero-order valence-electron chi connectivity index (χ0n) is 10.1. The van der Waals surface area contributed by atoms with Crippen molar-refractivity contribution in [2.24, 2.45) is 0 Å². The first kappa shape index (κ1) is 13.8. The molecule has 0 unspecified atom stereocenters. The topological polar surface area (TPSA) is 82.0 Å². The number of benzene rings is 1. The van der Waals surface area contributed by atoms with E-state index in [1.165, 1.54) is 0 Å². The first-order valence-corrected chi connectivity index (χ1v) is 5.37. The van der Waals surface area contributed by atoms with E-state index in [4.69, 9.17) is 14.9 Å². The van der Waals surface area contributed by atoms with Crippen molar-refractivity contribution in [3.63, 3.8) is 0 Å². The average Bonchev–Trinajstić information content (AvgIpc) is 2.37. The Hall–Kier alpha value is -1.30. The summed E-state index contributed by atoms with van der Waals surface area (Å²) in [5, 5.41) is 30.9. The van der Waals surface area contributed by atoms with E-state index < -0.39 is 5.54 Å². The molecule has 5 nitrogen and oxygen atoms in total. The number of phenolic OH excluding ortho intramolecular Hbond substituents is 1. The Balaban J connectivity index is 2.74. The molecular formula is C12H19NO4. The van der Waals surface area contributed by atoms with Crippen LogP contribution in [-0.2, 0) is 6.54 Å². The quantitative estimate of drug-likeness (QED) is 0.573. The molecule has 0 saturated heterocycles. The third-order valence-electron chi connectivity index (χ3n) is 2.69. The molecule has 1 aromatic carbocycles. The molecule has 96 valence electrons. The van der Waals surface area contributed by atoms with Crippen molar-refractivity contribution >= 4 is 0 Å². The molecule has 17 heavy (non-hydrogen) atoms. The van der Waals surface area contributed by atoms with Crippen LogP contribution >= 0.6 is 0 Å². The van der Waals surface area contributed by atoms with E-state index in [9.17, 15) is 5.11 Å². The van der Waals surface area contributed by atoms with Crippen molar-refractivity contribution in [1.29, 1.82) is 0 Å². The largest absolute Gasteiger partial charge is 0.508 e. The van der Waals surface area contributed by atoms with E-state index in [-0.39, 0.29) is 19.0 Å². The van der Waals surface area contributed by atoms with Gasteiger partial charge < -0.3 is 25.4 Å². The number of nitrogens with one attached hydrogen (secondary N) is 1. The van der Waals surface area contributed by atoms with Gasteiger partial charge in [0.25, 0.3) is 0 Å². The molecule has 0 fully saturated rings. The summed E-state index contributed by atoms with van der Waals surface area (Å²) in [7, 11) is 1.55. The molecule has 1 rings (SSSR count). The van der Waals surface area contributed by atoms with Gasteiger partial charge in [-0.25, -0.2) is 0 Å². The van der Waals surface area contributed by atoms with Gasteiger partial charge in [0.1, 0.15) is 11.5 Å². The van der Waals surface area contributed by atoms with Crippen molar-refractivity contribution in [3.8, 4) is 11.5 Å². The van der Waals surface area contributed by atoms with Crippen molar-refractivity contribution in [2.45, 2.75) is 19.0 Å². The highest BCUT2D eigenvalue weighted by atomic mass is 16.5. The molecule has 0 aliphatic carbocycles. The summed E-state index contributed by atoms with van der Waals surface area (Å²) >= 11 is 0. The molecule has 1 aromatic rings. The third kappa shape index (κ3) is 3.59. The van der Waals surface area contributed by atoms with Crippen LogP contribution in [0, 0.1) is 0 Å². The van der Waals surface area contributed by atoms with Crippen molar-refractivity contribution in [2.75, 3.05) is 20.3 Å². The van der Waals surface area contributed by atoms with Gasteiger partial charge in [0.05, 0.1) is 25.9 Å². The number of hydrogen-bond donors (Lipinski definition) is 4. The minimum atomic E-state index is -0.768. The molecule has 0 radical (unpaired) electrons. The highest BCUT2D eigenvalue weighted by molar-refractivity contribution is 5.39. The predicted molar refractivity (Wildman–Crippen MR) is 64.1 cm³/mol. The molecule has 0 aromatic heterocycles. The monoisotopic (exact) mass is 241 g/mol. The first-order valence-electron chi connectivity index (χ1n) is 5.37. The van der Waals surface area contributed by atoms with Gasteiger partial charge in [-0.2, -0.15) is 0 Å². The van der Waals surface area contributed by atoms with Crippen LogP contribution in [0.1, 0.15) is 12.5 Å². The molecular weight excluding hydrogens is 222 g/mol. The first-order chi connectivity index (χ1) is 8.04. The Bertz CT molecular complexity index is 364. The summed E-state index contributed by atoms with van der Waals surface area (Å²) in [6.45, 7) is 1.66. The summed E-state index contributed by atoms with van der Waals surface area (Å²) in [4.78, 5) is 0. The molecule has 0 bridgehead atoms. The van der Waals surface area contributed by atoms with Gasteiger partial charge in [-0.15, -0.1) is 0 Å². The Morgan fingerprint density at radius 2 is 1.94 bits per heavy atom. The average molecular weight is 241 g/mol. The van der Waals surface area contributed by atoms with E-state index in [2.05, 4.69) is 5.32 Å². The predicted octanol–water partition coefficient (Wildman–Crippen LogP) is 0.234. The number of aromatic hydroxyl groups is 1. The van der Waals surface area contributed by atoms with Crippen LogP contribution in [0.2, 0.25) is 0 Å². The summed E-state index contributed by atoms with van der Waals surface area (Å²) in [5.41, 5.74) is -0.118. The fraction of sp³-hybridized carbons (Fsp3) is 0.500. The van der Waals surface area contributed by atoms with Gasteiger partial charge in [-0.05, 0) is 25.1 Å². The summed E-state index contributed by atoms with van der Waals surface area (Å²) in [6.07, 6.45) is 0. The molecule has 5 heteroatoms. The lowest BCUT2D eigenvalue weighted by molar-refractivity contribution is 0.103. The fourth-order valence-corrected chi connectivity index (χ4v) is 1.30. The van der Waals surface area contributed by atoms with Crippen molar-refractivity contribution in [3.05, 3.63) is 23.8 Å². The van der Waals surface area contributed by atoms with E-state index in [1.807, 2.05) is 0 Å². The van der Waals surface area contributed by atoms with Gasteiger partial charge in [0.15, 0.2) is 0 Å². The highest BCUT2D eigenvalue weighted by Gasteiger charge is 2.21. The number of hydrogen-bond acceptors (Lipinski definition) is 5. The molecule has 0 atom stereocenters. The number of methoxy groups -OCH3 is 1. The molecule has 0 aliphatic rings. The van der Waals surface area contributed by atoms with Crippen LogP contribution in [0.25, 0.3) is 0 Å². The van der Waals surface area contributed by atoms with E-state index in [0.717, 1.165) is 0 Å². The van der Waals surface area contributed by atoms with Gasteiger partial charge in [-0.3, -0.25) is 0 Å². The van der Waals surface area contributed by atoms with E-state index >= 15 is 0 Å². The Morgan fingerprint density at radius 1 is 1.29 bits per heavy atom. The van der Waals surface area contributed by atoms with Crippen LogP contribution in [0.4, 0.5) is 0 Å². The van der Waals surface area contributed by atoms with Gasteiger partial charge in [-0.1, -0.05) is 0 Å². The second-order valence-electron chi connectivity index (χ2n) is 4.23. The number of ether oxygens (including phenoxy) is 1. The van der Waals surface area contributed by atoms with Gasteiger partial charge in [0, 0.05) is 12.1 Å². The lowest BCUT2D eigenvalue weighted by Crippen LogP contribution is -2.48. The minimum absolute atomic E-state index is 0.150. The maximum atomic E-state index is 9.65. The number of aliphatic hydroxyl groups is 2. The summed E-state index contributed by atoms with van der Waals surface area (Å²) in [6, 6.07) is 4.92. The van der Waals surface area contributed by atoms with Gasteiger partial charge in [0.2, 0.25) is 0 Å². The summed E-state index contributed by atoms with van der Waals surface area (Å²) < 4.78 is 5.06. The lowest BCUT2D eigenvalue weighted by Gasteiger charge is -2.26. The molecule has 0 amide bonds.